The van der Waals surface area contributed by atoms with Gasteiger partial charge in [-0.05, 0) is 24.6 Å². The van der Waals surface area contributed by atoms with Crippen LogP contribution >= 0.6 is 24.0 Å². The summed E-state index contributed by atoms with van der Waals surface area (Å²) in [5, 5.41) is 10.9. The summed E-state index contributed by atoms with van der Waals surface area (Å²) in [6, 6.07) is 4.26. The van der Waals surface area contributed by atoms with Crippen molar-refractivity contribution in [3.63, 3.8) is 0 Å². The van der Waals surface area contributed by atoms with Crippen LogP contribution in [0.5, 0.6) is 0 Å². The topological polar surface area (TPSA) is 81.8 Å². The number of hydrogen-bond acceptors (Lipinski definition) is 6. The highest BCUT2D eigenvalue weighted by Crippen LogP contribution is 2.16. The molecule has 0 bridgehead atoms. The third-order valence-corrected chi connectivity index (χ3v) is 5.68. The molecule has 2 N–H and O–H groups in total. The molecule has 9 heteroatoms. The molecule has 0 aliphatic carbocycles. The molecule has 1 aliphatic heterocycles. The molecule has 0 unspecified atom stereocenters. The van der Waals surface area contributed by atoms with Crippen molar-refractivity contribution in [2.75, 3.05) is 44.7 Å². The lowest BCUT2D eigenvalue weighted by Gasteiger charge is -2.34. The van der Waals surface area contributed by atoms with E-state index in [4.69, 9.17) is 4.52 Å². The summed E-state index contributed by atoms with van der Waals surface area (Å²) >= 11 is 0. The van der Waals surface area contributed by atoms with Crippen molar-refractivity contribution in [3.05, 3.63) is 40.9 Å². The SMILES string of the molecule is CCc1noc(CC)c1CNC(=NC)NCc1ccc(N2CCN(CC)CC2)nc1.I. The maximum absolute atomic E-state index is 5.44. The molecule has 8 nitrogen and oxygen atoms in total. The summed E-state index contributed by atoms with van der Waals surface area (Å²) in [7, 11) is 1.78. The van der Waals surface area contributed by atoms with E-state index in [0.29, 0.717) is 13.1 Å². The number of nitrogens with zero attached hydrogens (tertiary/aromatic N) is 5. The van der Waals surface area contributed by atoms with Gasteiger partial charge in [0.05, 0.1) is 5.69 Å². The van der Waals surface area contributed by atoms with Gasteiger partial charge in [0.15, 0.2) is 5.96 Å². The third kappa shape index (κ3) is 6.80. The minimum absolute atomic E-state index is 0. The standard InChI is InChI=1S/C22H35N7O.HI/c1-5-19-18(20(6-2)30-27-19)16-26-22(23-4)25-15-17-8-9-21(24-14-17)29-12-10-28(7-3)11-13-29;/h8-9,14H,5-7,10-13,15-16H2,1-4H3,(H2,23,25,26);1H. The number of anilines is 1. The number of likely N-dealkylation sites (N-methyl/N-ethyl adjacent to an activating group) is 1. The van der Waals surface area contributed by atoms with Crippen molar-refractivity contribution in [1.29, 1.82) is 0 Å². The summed E-state index contributed by atoms with van der Waals surface area (Å²) in [6.07, 6.45) is 3.64. The Labute approximate surface area is 202 Å². The van der Waals surface area contributed by atoms with E-state index >= 15 is 0 Å². The first-order valence-electron chi connectivity index (χ1n) is 11.0. The van der Waals surface area contributed by atoms with Crippen molar-refractivity contribution in [2.45, 2.75) is 46.7 Å². The highest BCUT2D eigenvalue weighted by Gasteiger charge is 2.17. The second kappa shape index (κ2) is 12.8. The zero-order valence-electron chi connectivity index (χ0n) is 19.1. The summed E-state index contributed by atoms with van der Waals surface area (Å²) in [5.74, 6) is 2.75. The van der Waals surface area contributed by atoms with E-state index in [1.165, 1.54) is 0 Å². The molecule has 172 valence electrons. The van der Waals surface area contributed by atoms with Gasteiger partial charge in [-0.15, -0.1) is 24.0 Å². The van der Waals surface area contributed by atoms with Gasteiger partial charge in [-0.1, -0.05) is 32.0 Å². The zero-order valence-corrected chi connectivity index (χ0v) is 21.5. The van der Waals surface area contributed by atoms with Crippen LogP contribution in [0.15, 0.2) is 27.8 Å². The highest BCUT2D eigenvalue weighted by molar-refractivity contribution is 14.0. The van der Waals surface area contributed by atoms with Crippen LogP contribution in [0.4, 0.5) is 5.82 Å². The highest BCUT2D eigenvalue weighted by atomic mass is 127. The molecular weight excluding hydrogens is 505 g/mol. The predicted molar refractivity (Wildman–Crippen MR) is 136 cm³/mol. The Bertz CT molecular complexity index is 792. The van der Waals surface area contributed by atoms with E-state index in [1.807, 2.05) is 6.20 Å². The molecule has 1 fully saturated rings. The van der Waals surface area contributed by atoms with E-state index in [0.717, 1.165) is 79.9 Å². The Morgan fingerprint density at radius 3 is 2.39 bits per heavy atom. The fraction of sp³-hybridized carbons (Fsp3) is 0.591. The molecule has 2 aromatic heterocycles. The van der Waals surface area contributed by atoms with Crippen LogP contribution in [0.1, 0.15) is 43.4 Å². The summed E-state index contributed by atoms with van der Waals surface area (Å²) in [5.41, 5.74) is 3.27. The molecule has 0 amide bonds. The number of aliphatic imine (C=N–C) groups is 1. The lowest BCUT2D eigenvalue weighted by atomic mass is 10.1. The third-order valence-electron chi connectivity index (χ3n) is 5.68. The molecular formula is C22H36IN7O. The molecule has 0 radical (unpaired) electrons. The number of rotatable bonds is 8. The predicted octanol–water partition coefficient (Wildman–Crippen LogP) is 2.82. The Morgan fingerprint density at radius 1 is 1.06 bits per heavy atom. The van der Waals surface area contributed by atoms with Crippen molar-refractivity contribution in [2.24, 2.45) is 4.99 Å². The first-order valence-corrected chi connectivity index (χ1v) is 11.0. The number of nitrogens with one attached hydrogen (secondary N) is 2. The van der Waals surface area contributed by atoms with Crippen LogP contribution in [0.2, 0.25) is 0 Å². The van der Waals surface area contributed by atoms with Crippen molar-refractivity contribution in [3.8, 4) is 0 Å². The summed E-state index contributed by atoms with van der Waals surface area (Å²) in [4.78, 5) is 13.8. The van der Waals surface area contributed by atoms with Gasteiger partial charge in [0.25, 0.3) is 0 Å². The maximum Gasteiger partial charge on any atom is 0.191 e. The van der Waals surface area contributed by atoms with Crippen LogP contribution in [0.25, 0.3) is 0 Å². The summed E-state index contributed by atoms with van der Waals surface area (Å²) < 4.78 is 5.44. The lowest BCUT2D eigenvalue weighted by Crippen LogP contribution is -2.46. The number of piperazine rings is 1. The van der Waals surface area contributed by atoms with E-state index in [9.17, 15) is 0 Å². The van der Waals surface area contributed by atoms with Gasteiger partial charge in [-0.2, -0.15) is 0 Å². The molecule has 3 heterocycles. The van der Waals surface area contributed by atoms with Crippen molar-refractivity contribution < 1.29 is 4.52 Å². The van der Waals surface area contributed by atoms with Crippen LogP contribution < -0.4 is 15.5 Å². The largest absolute Gasteiger partial charge is 0.361 e. The second-order valence-electron chi connectivity index (χ2n) is 7.46. The molecule has 0 saturated carbocycles. The molecule has 0 atom stereocenters. The lowest BCUT2D eigenvalue weighted by molar-refractivity contribution is 0.270. The monoisotopic (exact) mass is 541 g/mol. The van der Waals surface area contributed by atoms with Crippen LogP contribution in [-0.2, 0) is 25.9 Å². The summed E-state index contributed by atoms with van der Waals surface area (Å²) in [6.45, 7) is 13.1. The average Bonchev–Trinajstić information content (AvgIpc) is 3.21. The first kappa shape index (κ1) is 25.4. The molecule has 1 saturated heterocycles. The normalized spacial score (nSPS) is 15.0. The van der Waals surface area contributed by atoms with Crippen LogP contribution in [-0.4, -0.2) is 60.8 Å². The van der Waals surface area contributed by atoms with Gasteiger partial charge in [0, 0.05) is 64.5 Å². The molecule has 2 aromatic rings. The van der Waals surface area contributed by atoms with Gasteiger partial charge in [0.1, 0.15) is 11.6 Å². The number of aromatic nitrogens is 2. The quantitative estimate of drug-likeness (QED) is 0.302. The number of halogens is 1. The van der Waals surface area contributed by atoms with Gasteiger partial charge < -0.3 is 25.0 Å². The molecule has 1 aliphatic rings. The maximum atomic E-state index is 5.44. The Morgan fingerprint density at radius 2 is 1.81 bits per heavy atom. The molecule has 0 spiro atoms. The van der Waals surface area contributed by atoms with Gasteiger partial charge in [0.2, 0.25) is 0 Å². The number of pyridine rings is 1. The van der Waals surface area contributed by atoms with E-state index < -0.39 is 0 Å². The Balaban J connectivity index is 0.00000341. The zero-order chi connectivity index (χ0) is 21.3. The Hall–Kier alpha value is -1.88. The van der Waals surface area contributed by atoms with Crippen molar-refractivity contribution >= 4 is 35.8 Å². The number of aryl methyl sites for hydroxylation is 2. The van der Waals surface area contributed by atoms with E-state index in [-0.39, 0.29) is 24.0 Å². The molecule has 3 rings (SSSR count). The number of guanidine groups is 1. The minimum Gasteiger partial charge on any atom is -0.361 e. The minimum atomic E-state index is 0. The van der Waals surface area contributed by atoms with Crippen molar-refractivity contribution in [1.82, 2.24) is 25.7 Å². The van der Waals surface area contributed by atoms with Crippen LogP contribution in [0.3, 0.4) is 0 Å². The second-order valence-corrected chi connectivity index (χ2v) is 7.46. The van der Waals surface area contributed by atoms with E-state index in [2.05, 4.69) is 68.5 Å². The molecule has 31 heavy (non-hydrogen) atoms. The Kier molecular flexibility index (Phi) is 10.5. The van der Waals surface area contributed by atoms with Gasteiger partial charge >= 0.3 is 0 Å². The fourth-order valence-corrected chi connectivity index (χ4v) is 3.72. The van der Waals surface area contributed by atoms with E-state index in [1.54, 1.807) is 7.05 Å². The molecule has 0 aromatic carbocycles. The first-order chi connectivity index (χ1) is 14.7. The van der Waals surface area contributed by atoms with Gasteiger partial charge in [-0.25, -0.2) is 4.98 Å². The van der Waals surface area contributed by atoms with Gasteiger partial charge in [-0.3, -0.25) is 4.99 Å². The average molecular weight is 541 g/mol. The fourth-order valence-electron chi connectivity index (χ4n) is 3.72. The smallest absolute Gasteiger partial charge is 0.191 e. The number of hydrogen-bond donors (Lipinski definition) is 2. The van der Waals surface area contributed by atoms with Crippen LogP contribution in [0, 0.1) is 0 Å².